The van der Waals surface area contributed by atoms with Gasteiger partial charge in [0.15, 0.2) is 0 Å². The predicted molar refractivity (Wildman–Crippen MR) is 79.9 cm³/mol. The summed E-state index contributed by atoms with van der Waals surface area (Å²) in [5.41, 5.74) is 8.69. The number of anilines is 2. The molecule has 1 aromatic carbocycles. The largest absolute Gasteiger partial charge is 0.398 e. The second-order valence-electron chi connectivity index (χ2n) is 4.30. The number of halogens is 1. The van der Waals surface area contributed by atoms with Crippen LogP contribution in [0.15, 0.2) is 16.6 Å². The highest BCUT2D eigenvalue weighted by Gasteiger charge is 2.07. The van der Waals surface area contributed by atoms with Gasteiger partial charge in [0.05, 0.1) is 0 Å². The highest BCUT2D eigenvalue weighted by atomic mass is 79.9. The van der Waals surface area contributed by atoms with Crippen molar-refractivity contribution in [1.82, 2.24) is 0 Å². The Morgan fingerprint density at radius 2 is 2.18 bits per heavy atom. The van der Waals surface area contributed by atoms with E-state index in [0.29, 0.717) is 6.04 Å². The van der Waals surface area contributed by atoms with Crippen molar-refractivity contribution in [2.24, 2.45) is 0 Å². The SMILES string of the molecule is Cc1cc(NC(C)CCS(C)=O)c(Br)cc1N. The van der Waals surface area contributed by atoms with Crippen LogP contribution in [-0.2, 0) is 10.8 Å². The second-order valence-corrected chi connectivity index (χ2v) is 6.71. The molecule has 0 aliphatic carbocycles. The minimum atomic E-state index is -0.729. The van der Waals surface area contributed by atoms with Crippen LogP contribution < -0.4 is 11.1 Å². The maximum Gasteiger partial charge on any atom is 0.0490 e. The number of rotatable bonds is 5. The zero-order chi connectivity index (χ0) is 13.0. The molecule has 0 heterocycles. The van der Waals surface area contributed by atoms with Crippen LogP contribution in [0, 0.1) is 6.92 Å². The maximum absolute atomic E-state index is 11.0. The molecular formula is C12H19BrN2OS. The summed E-state index contributed by atoms with van der Waals surface area (Å²) in [4.78, 5) is 0. The Kier molecular flexibility index (Phi) is 5.46. The molecule has 0 radical (unpaired) electrons. The van der Waals surface area contributed by atoms with Crippen molar-refractivity contribution in [2.45, 2.75) is 26.3 Å². The van der Waals surface area contributed by atoms with Gasteiger partial charge in [0.2, 0.25) is 0 Å². The normalized spacial score (nSPS) is 14.4. The Hall–Kier alpha value is -0.550. The van der Waals surface area contributed by atoms with Crippen LogP contribution in [0.4, 0.5) is 11.4 Å². The number of nitrogens with two attached hydrogens (primary N) is 1. The second kappa shape index (κ2) is 6.40. The van der Waals surface area contributed by atoms with Gasteiger partial charge < -0.3 is 11.1 Å². The number of nitrogens with one attached hydrogen (secondary N) is 1. The van der Waals surface area contributed by atoms with Crippen LogP contribution in [0.2, 0.25) is 0 Å². The average molecular weight is 319 g/mol. The van der Waals surface area contributed by atoms with Crippen molar-refractivity contribution in [1.29, 1.82) is 0 Å². The van der Waals surface area contributed by atoms with Crippen molar-refractivity contribution in [3.8, 4) is 0 Å². The zero-order valence-corrected chi connectivity index (χ0v) is 12.8. The Labute approximate surface area is 114 Å². The van der Waals surface area contributed by atoms with E-state index in [1.54, 1.807) is 6.26 Å². The van der Waals surface area contributed by atoms with E-state index in [0.717, 1.165) is 33.6 Å². The van der Waals surface area contributed by atoms with Gasteiger partial charge in [-0.1, -0.05) is 0 Å². The summed E-state index contributed by atoms with van der Waals surface area (Å²) in [7, 11) is -0.729. The van der Waals surface area contributed by atoms with E-state index < -0.39 is 10.8 Å². The summed E-state index contributed by atoms with van der Waals surface area (Å²) in [5, 5.41) is 3.40. The number of benzene rings is 1. The molecule has 1 rings (SSSR count). The molecule has 0 amide bonds. The molecule has 3 N–H and O–H groups in total. The molecule has 5 heteroatoms. The van der Waals surface area contributed by atoms with Gasteiger partial charge in [0.1, 0.15) is 0 Å². The van der Waals surface area contributed by atoms with Gasteiger partial charge in [0.25, 0.3) is 0 Å². The molecule has 2 atom stereocenters. The first-order valence-electron chi connectivity index (χ1n) is 5.52. The minimum absolute atomic E-state index is 0.290. The molecule has 0 spiro atoms. The lowest BCUT2D eigenvalue weighted by atomic mass is 10.1. The summed E-state index contributed by atoms with van der Waals surface area (Å²) >= 11 is 3.49. The van der Waals surface area contributed by atoms with Crippen LogP contribution in [0.5, 0.6) is 0 Å². The molecule has 0 saturated heterocycles. The number of hydrogen-bond donors (Lipinski definition) is 2. The fourth-order valence-corrected chi connectivity index (χ4v) is 2.65. The van der Waals surface area contributed by atoms with Crippen molar-refractivity contribution in [3.05, 3.63) is 22.2 Å². The molecular weight excluding hydrogens is 300 g/mol. The zero-order valence-electron chi connectivity index (χ0n) is 10.4. The Bertz CT molecular complexity index is 423. The van der Waals surface area contributed by atoms with Crippen LogP contribution in [0.1, 0.15) is 18.9 Å². The van der Waals surface area contributed by atoms with E-state index in [4.69, 9.17) is 5.73 Å². The quantitative estimate of drug-likeness (QED) is 0.821. The standard InChI is InChI=1S/C12H19BrN2OS/c1-8-6-12(10(13)7-11(8)14)15-9(2)4-5-17(3)16/h6-7,9,15H,4-5,14H2,1-3H3. The van der Waals surface area contributed by atoms with Crippen LogP contribution in [0.25, 0.3) is 0 Å². The monoisotopic (exact) mass is 318 g/mol. The Morgan fingerprint density at radius 3 is 2.76 bits per heavy atom. The Morgan fingerprint density at radius 1 is 1.53 bits per heavy atom. The molecule has 0 aromatic heterocycles. The van der Waals surface area contributed by atoms with Gasteiger partial charge in [-0.15, -0.1) is 0 Å². The number of nitrogen functional groups attached to an aromatic ring is 1. The van der Waals surface area contributed by atoms with Gasteiger partial charge in [0, 0.05) is 44.7 Å². The highest BCUT2D eigenvalue weighted by molar-refractivity contribution is 9.10. The molecule has 0 aliphatic rings. The van der Waals surface area contributed by atoms with Crippen molar-refractivity contribution >= 4 is 38.1 Å². The molecule has 96 valence electrons. The van der Waals surface area contributed by atoms with Crippen molar-refractivity contribution < 1.29 is 4.21 Å². The van der Waals surface area contributed by atoms with Crippen LogP contribution in [-0.4, -0.2) is 22.3 Å². The van der Waals surface area contributed by atoms with Gasteiger partial charge >= 0.3 is 0 Å². The third kappa shape index (κ3) is 4.68. The van der Waals surface area contributed by atoms with Crippen molar-refractivity contribution in [2.75, 3.05) is 23.1 Å². The first kappa shape index (κ1) is 14.5. The fraction of sp³-hybridized carbons (Fsp3) is 0.500. The highest BCUT2D eigenvalue weighted by Crippen LogP contribution is 2.28. The molecule has 1 aromatic rings. The van der Waals surface area contributed by atoms with E-state index in [-0.39, 0.29) is 0 Å². The van der Waals surface area contributed by atoms with Gasteiger partial charge in [-0.2, -0.15) is 0 Å². The number of aryl methyl sites for hydroxylation is 1. The maximum atomic E-state index is 11.0. The summed E-state index contributed by atoms with van der Waals surface area (Å²) in [6.07, 6.45) is 2.62. The van der Waals surface area contributed by atoms with Crippen LogP contribution in [0.3, 0.4) is 0 Å². The smallest absolute Gasteiger partial charge is 0.0490 e. The van der Waals surface area contributed by atoms with E-state index in [9.17, 15) is 4.21 Å². The lowest BCUT2D eigenvalue weighted by Gasteiger charge is -2.17. The molecule has 0 saturated carbocycles. The number of hydrogen-bond acceptors (Lipinski definition) is 3. The van der Waals surface area contributed by atoms with Gasteiger partial charge in [-0.05, 0) is 53.9 Å². The Balaban J connectivity index is 2.68. The minimum Gasteiger partial charge on any atom is -0.398 e. The van der Waals surface area contributed by atoms with E-state index in [2.05, 4.69) is 28.2 Å². The molecule has 3 nitrogen and oxygen atoms in total. The van der Waals surface area contributed by atoms with Gasteiger partial charge in [-0.25, -0.2) is 0 Å². The summed E-state index contributed by atoms with van der Waals surface area (Å²) in [5.74, 6) is 0.722. The average Bonchev–Trinajstić information content (AvgIpc) is 2.23. The first-order valence-corrected chi connectivity index (χ1v) is 8.04. The lowest BCUT2D eigenvalue weighted by molar-refractivity contribution is 0.678. The molecule has 0 aliphatic heterocycles. The van der Waals surface area contributed by atoms with E-state index >= 15 is 0 Å². The van der Waals surface area contributed by atoms with Crippen LogP contribution >= 0.6 is 15.9 Å². The van der Waals surface area contributed by atoms with Gasteiger partial charge in [-0.3, -0.25) is 4.21 Å². The third-order valence-corrected chi connectivity index (χ3v) is 4.06. The summed E-state index contributed by atoms with van der Waals surface area (Å²) in [6.45, 7) is 4.07. The lowest BCUT2D eigenvalue weighted by Crippen LogP contribution is -2.18. The van der Waals surface area contributed by atoms with E-state index in [1.165, 1.54) is 0 Å². The predicted octanol–water partition coefficient (Wildman–Crippen LogP) is 2.91. The summed E-state index contributed by atoms with van der Waals surface area (Å²) in [6, 6.07) is 4.22. The fourth-order valence-electron chi connectivity index (χ4n) is 1.49. The first-order chi connectivity index (χ1) is 7.90. The summed E-state index contributed by atoms with van der Waals surface area (Å²) < 4.78 is 12.0. The molecule has 0 bridgehead atoms. The third-order valence-electron chi connectivity index (χ3n) is 2.60. The van der Waals surface area contributed by atoms with E-state index in [1.807, 2.05) is 19.1 Å². The molecule has 17 heavy (non-hydrogen) atoms. The topological polar surface area (TPSA) is 55.1 Å². The molecule has 2 unspecified atom stereocenters. The van der Waals surface area contributed by atoms with Crippen molar-refractivity contribution in [3.63, 3.8) is 0 Å². The molecule has 0 fully saturated rings.